The van der Waals surface area contributed by atoms with Crippen molar-refractivity contribution in [3.8, 4) is 0 Å². The molecule has 1 aromatic rings. The second-order valence-electron chi connectivity index (χ2n) is 6.82. The number of hydrogen-bond donors (Lipinski definition) is 4. The lowest BCUT2D eigenvalue weighted by molar-refractivity contribution is -0.143. The molecule has 4 N–H and O–H groups in total. The topological polar surface area (TPSA) is 116 Å². The first-order valence-electron chi connectivity index (χ1n) is 8.99. The number of carboxylic acid groups (broad SMARTS) is 2. The molecule has 7 nitrogen and oxygen atoms in total. The Morgan fingerprint density at radius 3 is 2.27 bits per heavy atom. The van der Waals surface area contributed by atoms with E-state index in [-0.39, 0.29) is 30.5 Å². The van der Waals surface area contributed by atoms with Gasteiger partial charge >= 0.3 is 18.0 Å². The summed E-state index contributed by atoms with van der Waals surface area (Å²) in [6, 6.07) is 8.97. The van der Waals surface area contributed by atoms with Crippen LogP contribution in [0.2, 0.25) is 0 Å². The summed E-state index contributed by atoms with van der Waals surface area (Å²) in [6.07, 6.45) is 3.31. The number of carbonyl (C=O) groups excluding carboxylic acids is 1. The Morgan fingerprint density at radius 2 is 1.69 bits per heavy atom. The number of nitrogens with one attached hydrogen (secondary N) is 2. The summed E-state index contributed by atoms with van der Waals surface area (Å²) in [6.45, 7) is 0. The molecule has 1 aliphatic rings. The van der Waals surface area contributed by atoms with Crippen molar-refractivity contribution in [1.82, 2.24) is 10.6 Å². The van der Waals surface area contributed by atoms with Crippen molar-refractivity contribution in [3.63, 3.8) is 0 Å². The number of hydrogen-bond acceptors (Lipinski definition) is 3. The molecule has 0 radical (unpaired) electrons. The second kappa shape index (κ2) is 9.79. The van der Waals surface area contributed by atoms with Gasteiger partial charge in [0.1, 0.15) is 0 Å². The zero-order valence-corrected chi connectivity index (χ0v) is 14.7. The zero-order chi connectivity index (χ0) is 18.9. The Kier molecular flexibility index (Phi) is 7.44. The van der Waals surface area contributed by atoms with Gasteiger partial charge in [-0.2, -0.15) is 0 Å². The van der Waals surface area contributed by atoms with Crippen LogP contribution in [0.3, 0.4) is 0 Å². The predicted octanol–water partition coefficient (Wildman–Crippen LogP) is 2.41. The monoisotopic (exact) mass is 362 g/mol. The van der Waals surface area contributed by atoms with E-state index < -0.39 is 11.9 Å². The van der Waals surface area contributed by atoms with Crippen molar-refractivity contribution < 1.29 is 24.6 Å². The fourth-order valence-corrected chi connectivity index (χ4v) is 3.32. The standard InChI is InChI=1S/C19H26N2O5/c22-17(23)11-10-16(12-13-4-2-1-3-5-13)21-19(26)20-15-8-6-14(7-9-15)18(24)25/h1-5,14-16H,6-12H2,(H,22,23)(H,24,25)(H2,20,21,26). The van der Waals surface area contributed by atoms with E-state index in [1.54, 1.807) is 0 Å². The highest BCUT2D eigenvalue weighted by Crippen LogP contribution is 2.24. The van der Waals surface area contributed by atoms with Gasteiger partial charge in [-0.25, -0.2) is 4.79 Å². The molecule has 1 unspecified atom stereocenters. The van der Waals surface area contributed by atoms with Crippen LogP contribution in [0.4, 0.5) is 4.79 Å². The van der Waals surface area contributed by atoms with E-state index in [0.717, 1.165) is 5.56 Å². The van der Waals surface area contributed by atoms with Crippen molar-refractivity contribution in [2.24, 2.45) is 5.92 Å². The Balaban J connectivity index is 1.85. The molecule has 1 aliphatic carbocycles. The number of benzene rings is 1. The molecule has 0 bridgehead atoms. The minimum absolute atomic E-state index is 0.0124. The van der Waals surface area contributed by atoms with Gasteiger partial charge in [-0.15, -0.1) is 0 Å². The number of aliphatic carboxylic acids is 2. The van der Waals surface area contributed by atoms with E-state index in [0.29, 0.717) is 38.5 Å². The van der Waals surface area contributed by atoms with E-state index in [4.69, 9.17) is 10.2 Å². The fraction of sp³-hybridized carbons (Fsp3) is 0.526. The first-order chi connectivity index (χ1) is 12.4. The molecule has 26 heavy (non-hydrogen) atoms. The van der Waals surface area contributed by atoms with Gasteiger partial charge in [-0.1, -0.05) is 30.3 Å². The minimum Gasteiger partial charge on any atom is -0.481 e. The summed E-state index contributed by atoms with van der Waals surface area (Å²) in [5.74, 6) is -1.99. The Bertz CT molecular complexity index is 612. The smallest absolute Gasteiger partial charge is 0.315 e. The maximum Gasteiger partial charge on any atom is 0.315 e. The van der Waals surface area contributed by atoms with Gasteiger partial charge in [0.15, 0.2) is 0 Å². The maximum absolute atomic E-state index is 12.3. The third-order valence-electron chi connectivity index (χ3n) is 4.78. The highest BCUT2D eigenvalue weighted by molar-refractivity contribution is 5.75. The largest absolute Gasteiger partial charge is 0.481 e. The van der Waals surface area contributed by atoms with Crippen LogP contribution in [0.1, 0.15) is 44.1 Å². The second-order valence-corrected chi connectivity index (χ2v) is 6.82. The number of urea groups is 1. The predicted molar refractivity (Wildman–Crippen MR) is 95.9 cm³/mol. The number of carboxylic acids is 2. The molecule has 7 heteroatoms. The SMILES string of the molecule is O=C(O)CCC(Cc1ccccc1)NC(=O)NC1CCC(C(=O)O)CC1. The van der Waals surface area contributed by atoms with Crippen LogP contribution in [-0.4, -0.2) is 40.3 Å². The Labute approximate surface area is 152 Å². The van der Waals surface area contributed by atoms with E-state index in [1.807, 2.05) is 30.3 Å². The van der Waals surface area contributed by atoms with Crippen LogP contribution >= 0.6 is 0 Å². The van der Waals surface area contributed by atoms with Crippen molar-refractivity contribution in [2.75, 3.05) is 0 Å². The Hall–Kier alpha value is -2.57. The minimum atomic E-state index is -0.891. The first kappa shape index (κ1) is 19.8. The van der Waals surface area contributed by atoms with E-state index in [9.17, 15) is 14.4 Å². The summed E-state index contributed by atoms with van der Waals surface area (Å²) in [7, 11) is 0. The van der Waals surface area contributed by atoms with Crippen LogP contribution in [0.5, 0.6) is 0 Å². The van der Waals surface area contributed by atoms with Crippen molar-refractivity contribution in [1.29, 1.82) is 0 Å². The summed E-state index contributed by atoms with van der Waals surface area (Å²) in [5.41, 5.74) is 1.03. The summed E-state index contributed by atoms with van der Waals surface area (Å²) in [4.78, 5) is 34.1. The average Bonchev–Trinajstić information content (AvgIpc) is 2.61. The molecular weight excluding hydrogens is 336 g/mol. The molecule has 1 saturated carbocycles. The first-order valence-corrected chi connectivity index (χ1v) is 8.99. The van der Waals surface area contributed by atoms with Gasteiger partial charge in [0.2, 0.25) is 0 Å². The normalized spacial score (nSPS) is 20.8. The summed E-state index contributed by atoms with van der Waals surface area (Å²) >= 11 is 0. The maximum atomic E-state index is 12.3. The molecule has 0 aliphatic heterocycles. The number of amides is 2. The highest BCUT2D eigenvalue weighted by Gasteiger charge is 2.27. The van der Waals surface area contributed by atoms with Gasteiger partial charge in [-0.3, -0.25) is 9.59 Å². The van der Waals surface area contributed by atoms with Gasteiger partial charge in [0.05, 0.1) is 5.92 Å². The quantitative estimate of drug-likeness (QED) is 0.567. The van der Waals surface area contributed by atoms with E-state index >= 15 is 0 Å². The molecule has 2 amide bonds. The molecule has 1 aromatic carbocycles. The lowest BCUT2D eigenvalue weighted by atomic mass is 9.86. The molecule has 1 atom stereocenters. The van der Waals surface area contributed by atoms with E-state index in [2.05, 4.69) is 10.6 Å². The molecular formula is C19H26N2O5. The van der Waals surface area contributed by atoms with Gasteiger partial charge in [0.25, 0.3) is 0 Å². The Morgan fingerprint density at radius 1 is 1.04 bits per heavy atom. The molecule has 0 saturated heterocycles. The van der Waals surface area contributed by atoms with Crippen molar-refractivity contribution in [3.05, 3.63) is 35.9 Å². The van der Waals surface area contributed by atoms with E-state index in [1.165, 1.54) is 0 Å². The van der Waals surface area contributed by atoms with Crippen LogP contribution in [-0.2, 0) is 16.0 Å². The molecule has 1 fully saturated rings. The molecule has 142 valence electrons. The fourth-order valence-electron chi connectivity index (χ4n) is 3.32. The van der Waals surface area contributed by atoms with Gasteiger partial charge in [0, 0.05) is 18.5 Å². The van der Waals surface area contributed by atoms with Crippen molar-refractivity contribution in [2.45, 2.75) is 57.0 Å². The molecule has 0 spiro atoms. The molecule has 2 rings (SSSR count). The third kappa shape index (κ3) is 6.74. The zero-order valence-electron chi connectivity index (χ0n) is 14.7. The third-order valence-corrected chi connectivity index (χ3v) is 4.78. The van der Waals surface area contributed by atoms with Crippen LogP contribution in [0, 0.1) is 5.92 Å². The highest BCUT2D eigenvalue weighted by atomic mass is 16.4. The van der Waals surface area contributed by atoms with Gasteiger partial charge in [-0.05, 0) is 44.1 Å². The number of rotatable bonds is 8. The molecule has 0 heterocycles. The van der Waals surface area contributed by atoms with Gasteiger partial charge < -0.3 is 20.8 Å². The van der Waals surface area contributed by atoms with Crippen LogP contribution in [0.15, 0.2) is 30.3 Å². The lowest BCUT2D eigenvalue weighted by Gasteiger charge is -2.28. The van der Waals surface area contributed by atoms with Crippen LogP contribution in [0.25, 0.3) is 0 Å². The van der Waals surface area contributed by atoms with Crippen molar-refractivity contribution >= 4 is 18.0 Å². The lowest BCUT2D eigenvalue weighted by Crippen LogP contribution is -2.48. The molecule has 0 aromatic heterocycles. The summed E-state index contributed by atoms with van der Waals surface area (Å²) in [5, 5.41) is 23.7. The summed E-state index contributed by atoms with van der Waals surface area (Å²) < 4.78 is 0. The van der Waals surface area contributed by atoms with Crippen LogP contribution < -0.4 is 10.6 Å². The number of carbonyl (C=O) groups is 3. The average molecular weight is 362 g/mol.